The van der Waals surface area contributed by atoms with Crippen molar-refractivity contribution in [3.63, 3.8) is 0 Å². The summed E-state index contributed by atoms with van der Waals surface area (Å²) in [7, 11) is 0. The summed E-state index contributed by atoms with van der Waals surface area (Å²) in [6.07, 6.45) is -3.44. The van der Waals surface area contributed by atoms with Gasteiger partial charge in [-0.05, 0) is 25.7 Å². The van der Waals surface area contributed by atoms with Crippen LogP contribution in [0.5, 0.6) is 0 Å². The van der Waals surface area contributed by atoms with Crippen LogP contribution in [-0.2, 0) is 9.53 Å². The summed E-state index contributed by atoms with van der Waals surface area (Å²) in [5.74, 6) is -2.47. The van der Waals surface area contributed by atoms with Gasteiger partial charge in [-0.3, -0.25) is 0 Å². The molecule has 0 spiro atoms. The first-order valence-electron chi connectivity index (χ1n) is 7.33. The van der Waals surface area contributed by atoms with Crippen molar-refractivity contribution in [2.45, 2.75) is 50.8 Å². The Morgan fingerprint density at radius 3 is 1.48 bits per heavy atom. The van der Waals surface area contributed by atoms with Gasteiger partial charge in [0, 0.05) is 26.2 Å². The molecule has 0 unspecified atom stereocenters. The lowest BCUT2D eigenvalue weighted by Gasteiger charge is -2.45. The van der Waals surface area contributed by atoms with Crippen molar-refractivity contribution in [2.24, 2.45) is 0 Å². The molecule has 0 aromatic carbocycles. The number of nitrogens with zero attached hydrogens (tertiary/aromatic N) is 2. The summed E-state index contributed by atoms with van der Waals surface area (Å²) in [4.78, 5) is 13.6. The summed E-state index contributed by atoms with van der Waals surface area (Å²) in [6.45, 7) is 1.16. The molecule has 0 aromatic heterocycles. The van der Waals surface area contributed by atoms with Gasteiger partial charge in [-0.15, -0.1) is 0 Å². The molecule has 8 heteroatoms. The van der Waals surface area contributed by atoms with Gasteiger partial charge in [0.15, 0.2) is 0 Å². The molecule has 122 valence electrons. The molecule has 0 bridgehead atoms. The van der Waals surface area contributed by atoms with Crippen molar-refractivity contribution in [1.82, 2.24) is 9.80 Å². The fraction of sp³-hybridized carbons (Fsp3) is 0.923. The second-order valence-corrected chi connectivity index (χ2v) is 5.51. The van der Waals surface area contributed by atoms with Gasteiger partial charge in [-0.1, -0.05) is 12.8 Å². The minimum atomic E-state index is -5.19. The van der Waals surface area contributed by atoms with Crippen LogP contribution in [0.3, 0.4) is 0 Å². The van der Waals surface area contributed by atoms with E-state index in [1.54, 1.807) is 0 Å². The zero-order valence-electron chi connectivity index (χ0n) is 11.8. The molecule has 0 aliphatic carbocycles. The van der Waals surface area contributed by atoms with Gasteiger partial charge in [0.2, 0.25) is 0 Å². The predicted octanol–water partition coefficient (Wildman–Crippen LogP) is 2.64. The van der Waals surface area contributed by atoms with Gasteiger partial charge < -0.3 is 4.74 Å². The Labute approximate surface area is 121 Å². The Kier molecular flexibility index (Phi) is 5.08. The van der Waals surface area contributed by atoms with Gasteiger partial charge in [-0.25, -0.2) is 14.6 Å². The number of esters is 1. The first kappa shape index (κ1) is 16.5. The van der Waals surface area contributed by atoms with Crippen LogP contribution in [0.15, 0.2) is 0 Å². The molecular weight excluding hydrogens is 292 g/mol. The number of rotatable bonds is 3. The van der Waals surface area contributed by atoms with Gasteiger partial charge in [-0.2, -0.15) is 17.6 Å². The summed E-state index contributed by atoms with van der Waals surface area (Å²) < 4.78 is 56.9. The monoisotopic (exact) mass is 312 g/mol. The molecular formula is C13H20F4N2O2. The Balaban J connectivity index is 2.17. The number of carbonyl (C=O) groups is 1. The predicted molar refractivity (Wildman–Crippen MR) is 66.8 cm³/mol. The largest absolute Gasteiger partial charge is 0.491 e. The van der Waals surface area contributed by atoms with Crippen LogP contribution in [0.25, 0.3) is 0 Å². The highest BCUT2D eigenvalue weighted by atomic mass is 19.4. The normalized spacial score (nSPS) is 23.0. The number of hydrogen-bond acceptors (Lipinski definition) is 4. The fourth-order valence-corrected chi connectivity index (χ4v) is 2.84. The number of halogens is 4. The van der Waals surface area contributed by atoms with Gasteiger partial charge >= 0.3 is 18.2 Å². The smallest absolute Gasteiger partial charge is 0.394 e. The maximum absolute atomic E-state index is 15.3. The van der Waals surface area contributed by atoms with Crippen molar-refractivity contribution >= 4 is 5.97 Å². The summed E-state index contributed by atoms with van der Waals surface area (Å²) in [5, 5.41) is 0. The fourth-order valence-electron chi connectivity index (χ4n) is 2.84. The molecule has 2 fully saturated rings. The molecule has 2 aliphatic heterocycles. The zero-order valence-corrected chi connectivity index (χ0v) is 11.8. The van der Waals surface area contributed by atoms with Crippen LogP contribution >= 0.6 is 0 Å². The van der Waals surface area contributed by atoms with E-state index < -0.39 is 18.2 Å². The number of likely N-dealkylation sites (tertiary alicyclic amines) is 2. The van der Waals surface area contributed by atoms with E-state index in [1.165, 1.54) is 9.80 Å². The van der Waals surface area contributed by atoms with E-state index in [9.17, 15) is 18.0 Å². The zero-order chi connectivity index (χ0) is 15.5. The third-order valence-electron chi connectivity index (χ3n) is 3.95. The van der Waals surface area contributed by atoms with Crippen LogP contribution in [0.2, 0.25) is 0 Å². The van der Waals surface area contributed by atoms with E-state index in [4.69, 9.17) is 0 Å². The summed E-state index contributed by atoms with van der Waals surface area (Å²) in [5.41, 5.74) is 0. The summed E-state index contributed by atoms with van der Waals surface area (Å²) in [6, 6.07) is 0. The Bertz CT molecular complexity index is 346. The molecule has 4 nitrogen and oxygen atoms in total. The van der Waals surface area contributed by atoms with Crippen molar-refractivity contribution in [3.8, 4) is 0 Å². The lowest BCUT2D eigenvalue weighted by Crippen LogP contribution is -2.63. The lowest BCUT2D eigenvalue weighted by atomic mass is 10.1. The third-order valence-corrected chi connectivity index (χ3v) is 3.95. The number of hydrogen-bond donors (Lipinski definition) is 0. The topological polar surface area (TPSA) is 32.8 Å². The van der Waals surface area contributed by atoms with E-state index in [2.05, 4.69) is 4.74 Å². The molecule has 21 heavy (non-hydrogen) atoms. The van der Waals surface area contributed by atoms with E-state index in [0.717, 1.165) is 12.8 Å². The third kappa shape index (κ3) is 3.85. The lowest BCUT2D eigenvalue weighted by molar-refractivity contribution is -0.330. The van der Waals surface area contributed by atoms with Crippen LogP contribution < -0.4 is 0 Å². The first-order valence-corrected chi connectivity index (χ1v) is 7.33. The molecule has 0 amide bonds. The van der Waals surface area contributed by atoms with Gasteiger partial charge in [0.25, 0.3) is 0 Å². The van der Waals surface area contributed by atoms with Gasteiger partial charge in [0.1, 0.15) is 0 Å². The van der Waals surface area contributed by atoms with Crippen LogP contribution in [0.4, 0.5) is 17.6 Å². The highest BCUT2D eigenvalue weighted by molar-refractivity contribution is 5.75. The average Bonchev–Trinajstić information content (AvgIpc) is 2.48. The number of alkyl halides is 4. The quantitative estimate of drug-likeness (QED) is 0.456. The molecule has 0 aromatic rings. The van der Waals surface area contributed by atoms with Crippen LogP contribution in [0.1, 0.15) is 38.5 Å². The Morgan fingerprint density at radius 2 is 1.14 bits per heavy atom. The maximum Gasteiger partial charge on any atom is 0.491 e. The number of piperidine rings is 2. The standard InChI is InChI=1S/C13H20F4N2O2/c14-12(15,16)11(20)21-13(17,18-7-3-1-4-8-18)19-9-5-2-6-10-19/h1-10H2. The SMILES string of the molecule is O=C(OC(F)(N1CCCCC1)N1CCCCC1)C(F)(F)F. The van der Waals surface area contributed by atoms with Gasteiger partial charge in [0.05, 0.1) is 0 Å². The van der Waals surface area contributed by atoms with Crippen molar-refractivity contribution in [3.05, 3.63) is 0 Å². The molecule has 0 radical (unpaired) electrons. The number of carbonyl (C=O) groups excluding carboxylic acids is 1. The van der Waals surface area contributed by atoms with Crippen LogP contribution in [0, 0.1) is 0 Å². The molecule has 0 atom stereocenters. The van der Waals surface area contributed by atoms with Crippen molar-refractivity contribution < 1.29 is 27.1 Å². The molecule has 0 saturated carbocycles. The first-order chi connectivity index (χ1) is 9.84. The minimum absolute atomic E-state index is 0.290. The van der Waals surface area contributed by atoms with E-state index in [0.29, 0.717) is 25.7 Å². The molecule has 2 heterocycles. The highest BCUT2D eigenvalue weighted by Crippen LogP contribution is 2.33. The Hall–Kier alpha value is -0.890. The summed E-state index contributed by atoms with van der Waals surface area (Å²) >= 11 is 0. The average molecular weight is 312 g/mol. The highest BCUT2D eigenvalue weighted by Gasteiger charge is 2.53. The van der Waals surface area contributed by atoms with Crippen molar-refractivity contribution in [1.29, 1.82) is 0 Å². The van der Waals surface area contributed by atoms with Crippen molar-refractivity contribution in [2.75, 3.05) is 26.2 Å². The van der Waals surface area contributed by atoms with E-state index in [-0.39, 0.29) is 26.2 Å². The molecule has 2 rings (SSSR count). The molecule has 2 saturated heterocycles. The molecule has 0 N–H and O–H groups in total. The minimum Gasteiger partial charge on any atom is -0.394 e. The van der Waals surface area contributed by atoms with E-state index >= 15 is 4.39 Å². The molecule has 2 aliphatic rings. The van der Waals surface area contributed by atoms with Crippen LogP contribution in [-0.4, -0.2) is 54.2 Å². The maximum atomic E-state index is 15.3. The second-order valence-electron chi connectivity index (χ2n) is 5.51. The Morgan fingerprint density at radius 1 is 0.762 bits per heavy atom. The second kappa shape index (κ2) is 6.48. The van der Waals surface area contributed by atoms with E-state index in [1.807, 2.05) is 0 Å². The number of ether oxygens (including phenoxy) is 1.